The molecule has 0 radical (unpaired) electrons. The minimum Gasteiger partial charge on any atom is -0.507 e. The van der Waals surface area contributed by atoms with Crippen LogP contribution in [0.4, 0.5) is 5.82 Å². The zero-order valence-electron chi connectivity index (χ0n) is 12.2. The van der Waals surface area contributed by atoms with Gasteiger partial charge in [-0.15, -0.1) is 0 Å². The minimum absolute atomic E-state index is 0.0774. The van der Waals surface area contributed by atoms with Crippen molar-refractivity contribution in [2.75, 3.05) is 19.0 Å². The van der Waals surface area contributed by atoms with Crippen LogP contribution in [0.3, 0.4) is 0 Å². The number of benzene rings is 1. The van der Waals surface area contributed by atoms with E-state index in [1.807, 2.05) is 6.92 Å². The lowest BCUT2D eigenvalue weighted by atomic mass is 10.1. The number of hydrogen-bond donors (Lipinski definition) is 3. The van der Waals surface area contributed by atoms with Crippen LogP contribution in [-0.4, -0.2) is 34.8 Å². The third-order valence-electron chi connectivity index (χ3n) is 3.17. The first-order valence-corrected chi connectivity index (χ1v) is 6.84. The number of nitrogens with zero attached hydrogens (tertiary/aromatic N) is 2. The van der Waals surface area contributed by atoms with Gasteiger partial charge in [-0.1, -0.05) is 6.92 Å². The molecule has 0 saturated carbocycles. The molecule has 0 bridgehead atoms. The molecule has 6 heteroatoms. The lowest BCUT2D eigenvalue weighted by Gasteiger charge is -2.12. The van der Waals surface area contributed by atoms with Gasteiger partial charge in [0.25, 0.3) is 0 Å². The predicted octanol–water partition coefficient (Wildman–Crippen LogP) is 2.01. The molecule has 6 nitrogen and oxygen atoms in total. The summed E-state index contributed by atoms with van der Waals surface area (Å²) in [5.41, 5.74) is 6.40. The van der Waals surface area contributed by atoms with Gasteiger partial charge in [0.05, 0.1) is 12.7 Å². The standard InChI is InChI=1S/C15H20N4O2/c1-3-10(16)9-18-14-6-7-17-15(19-14)12-8-11(21-2)4-5-13(12)20/h4-8,10,20H,3,9,16H2,1-2H3,(H,17,18,19)/t10-/m0/s1. The van der Waals surface area contributed by atoms with Crippen molar-refractivity contribution < 1.29 is 9.84 Å². The van der Waals surface area contributed by atoms with E-state index in [4.69, 9.17) is 10.5 Å². The van der Waals surface area contributed by atoms with Gasteiger partial charge >= 0.3 is 0 Å². The van der Waals surface area contributed by atoms with Crippen molar-refractivity contribution in [3.05, 3.63) is 30.5 Å². The van der Waals surface area contributed by atoms with Crippen LogP contribution in [0.25, 0.3) is 11.4 Å². The highest BCUT2D eigenvalue weighted by molar-refractivity contribution is 5.66. The number of aromatic hydroxyl groups is 1. The van der Waals surface area contributed by atoms with Crippen molar-refractivity contribution in [3.63, 3.8) is 0 Å². The normalized spacial score (nSPS) is 12.0. The maximum atomic E-state index is 9.96. The first-order chi connectivity index (χ1) is 10.1. The second kappa shape index (κ2) is 6.90. The van der Waals surface area contributed by atoms with E-state index < -0.39 is 0 Å². The van der Waals surface area contributed by atoms with Crippen LogP contribution in [0, 0.1) is 0 Å². The molecule has 0 amide bonds. The van der Waals surface area contributed by atoms with Crippen LogP contribution in [0.1, 0.15) is 13.3 Å². The van der Waals surface area contributed by atoms with E-state index >= 15 is 0 Å². The first kappa shape index (κ1) is 15.1. The molecule has 1 aromatic carbocycles. The molecule has 21 heavy (non-hydrogen) atoms. The fourth-order valence-electron chi connectivity index (χ4n) is 1.79. The summed E-state index contributed by atoms with van der Waals surface area (Å²) < 4.78 is 5.16. The first-order valence-electron chi connectivity index (χ1n) is 6.84. The van der Waals surface area contributed by atoms with Crippen molar-refractivity contribution >= 4 is 5.82 Å². The Morgan fingerprint density at radius 1 is 1.38 bits per heavy atom. The number of aromatic nitrogens is 2. The Hall–Kier alpha value is -2.34. The Morgan fingerprint density at radius 3 is 2.90 bits per heavy atom. The highest BCUT2D eigenvalue weighted by atomic mass is 16.5. The zero-order valence-corrected chi connectivity index (χ0v) is 12.2. The summed E-state index contributed by atoms with van der Waals surface area (Å²) >= 11 is 0. The van der Waals surface area contributed by atoms with Crippen LogP contribution in [0.2, 0.25) is 0 Å². The number of hydrogen-bond acceptors (Lipinski definition) is 6. The molecule has 2 rings (SSSR count). The van der Waals surface area contributed by atoms with E-state index in [0.29, 0.717) is 29.5 Å². The quantitative estimate of drug-likeness (QED) is 0.753. The molecule has 0 aliphatic rings. The molecule has 0 unspecified atom stereocenters. The van der Waals surface area contributed by atoms with Gasteiger partial charge in [0.2, 0.25) is 0 Å². The predicted molar refractivity (Wildman–Crippen MR) is 82.4 cm³/mol. The van der Waals surface area contributed by atoms with Crippen molar-refractivity contribution in [1.29, 1.82) is 0 Å². The summed E-state index contributed by atoms with van der Waals surface area (Å²) in [6.07, 6.45) is 2.53. The average Bonchev–Trinajstić information content (AvgIpc) is 2.53. The van der Waals surface area contributed by atoms with Crippen LogP contribution < -0.4 is 15.8 Å². The molecule has 0 fully saturated rings. The number of phenols is 1. The van der Waals surface area contributed by atoms with Gasteiger partial charge in [-0.2, -0.15) is 0 Å². The Bertz CT molecular complexity index is 604. The van der Waals surface area contributed by atoms with Crippen LogP contribution >= 0.6 is 0 Å². The Morgan fingerprint density at radius 2 is 2.19 bits per heavy atom. The number of nitrogens with two attached hydrogens (primary N) is 1. The number of ether oxygens (including phenoxy) is 1. The van der Waals surface area contributed by atoms with E-state index in [2.05, 4.69) is 15.3 Å². The molecular weight excluding hydrogens is 268 g/mol. The molecule has 2 aromatic rings. The molecule has 1 aromatic heterocycles. The van der Waals surface area contributed by atoms with Gasteiger partial charge in [-0.3, -0.25) is 0 Å². The van der Waals surface area contributed by atoms with Gasteiger partial charge in [0.15, 0.2) is 5.82 Å². The largest absolute Gasteiger partial charge is 0.507 e. The van der Waals surface area contributed by atoms with E-state index in [1.165, 1.54) is 0 Å². The Balaban J connectivity index is 2.24. The highest BCUT2D eigenvalue weighted by Gasteiger charge is 2.10. The lowest BCUT2D eigenvalue weighted by Crippen LogP contribution is -2.28. The summed E-state index contributed by atoms with van der Waals surface area (Å²) in [7, 11) is 1.57. The van der Waals surface area contributed by atoms with Gasteiger partial charge in [-0.05, 0) is 30.7 Å². The molecule has 0 aliphatic heterocycles. The van der Waals surface area contributed by atoms with E-state index in [0.717, 1.165) is 6.42 Å². The highest BCUT2D eigenvalue weighted by Crippen LogP contribution is 2.30. The second-order valence-corrected chi connectivity index (χ2v) is 4.70. The Kier molecular flexibility index (Phi) is 4.94. The molecule has 1 heterocycles. The number of nitrogens with one attached hydrogen (secondary N) is 1. The summed E-state index contributed by atoms with van der Waals surface area (Å²) in [4.78, 5) is 8.59. The SMILES string of the molecule is CC[C@H](N)CNc1ccnc(-c2cc(OC)ccc2O)n1. The van der Waals surface area contributed by atoms with Crippen LogP contribution in [-0.2, 0) is 0 Å². The lowest BCUT2D eigenvalue weighted by molar-refractivity contribution is 0.412. The summed E-state index contributed by atoms with van der Waals surface area (Å²) in [6, 6.07) is 6.79. The smallest absolute Gasteiger partial charge is 0.165 e. The van der Waals surface area contributed by atoms with Crippen molar-refractivity contribution in [2.24, 2.45) is 5.73 Å². The van der Waals surface area contributed by atoms with Crippen molar-refractivity contribution in [2.45, 2.75) is 19.4 Å². The minimum atomic E-state index is 0.0774. The fourth-order valence-corrected chi connectivity index (χ4v) is 1.79. The average molecular weight is 288 g/mol. The van der Waals surface area contributed by atoms with Crippen LogP contribution in [0.5, 0.6) is 11.5 Å². The number of methoxy groups -OCH3 is 1. The molecule has 1 atom stereocenters. The van der Waals surface area contributed by atoms with Gasteiger partial charge in [0, 0.05) is 18.8 Å². The van der Waals surface area contributed by atoms with E-state index in [9.17, 15) is 5.11 Å². The van der Waals surface area contributed by atoms with Crippen molar-refractivity contribution in [1.82, 2.24) is 9.97 Å². The van der Waals surface area contributed by atoms with E-state index in [-0.39, 0.29) is 11.8 Å². The third-order valence-corrected chi connectivity index (χ3v) is 3.17. The van der Waals surface area contributed by atoms with Crippen LogP contribution in [0.15, 0.2) is 30.5 Å². The van der Waals surface area contributed by atoms with Gasteiger partial charge in [-0.25, -0.2) is 9.97 Å². The molecule has 112 valence electrons. The molecular formula is C15H20N4O2. The van der Waals surface area contributed by atoms with Gasteiger partial charge in [0.1, 0.15) is 17.3 Å². The van der Waals surface area contributed by atoms with E-state index in [1.54, 1.807) is 37.6 Å². The molecule has 4 N–H and O–H groups in total. The number of anilines is 1. The molecule has 0 saturated heterocycles. The number of phenolic OH excluding ortho intramolecular Hbond substituents is 1. The topological polar surface area (TPSA) is 93.3 Å². The summed E-state index contributed by atoms with van der Waals surface area (Å²) in [6.45, 7) is 2.67. The van der Waals surface area contributed by atoms with Gasteiger partial charge < -0.3 is 20.9 Å². The maximum Gasteiger partial charge on any atom is 0.165 e. The Labute approximate surface area is 124 Å². The fraction of sp³-hybridized carbons (Fsp3) is 0.333. The monoisotopic (exact) mass is 288 g/mol. The number of rotatable bonds is 6. The molecule has 0 aliphatic carbocycles. The third kappa shape index (κ3) is 3.82. The summed E-state index contributed by atoms with van der Waals surface area (Å²) in [5, 5.41) is 13.1. The molecule has 0 spiro atoms. The van der Waals surface area contributed by atoms with Crippen molar-refractivity contribution in [3.8, 4) is 22.9 Å². The maximum absolute atomic E-state index is 9.96. The zero-order chi connectivity index (χ0) is 15.2. The second-order valence-electron chi connectivity index (χ2n) is 4.70. The summed E-state index contributed by atoms with van der Waals surface area (Å²) in [5.74, 6) is 1.85.